The maximum atomic E-state index is 15.6. The number of ketones is 1. The van der Waals surface area contributed by atoms with Crippen molar-refractivity contribution in [2.24, 2.45) is 11.8 Å². The van der Waals surface area contributed by atoms with E-state index in [2.05, 4.69) is 15.5 Å². The molecule has 13 heteroatoms. The fraction of sp³-hybridized carbons (Fsp3) is 0.556. The van der Waals surface area contributed by atoms with Crippen LogP contribution < -0.4 is 20.1 Å². The van der Waals surface area contributed by atoms with Gasteiger partial charge in [-0.25, -0.2) is 4.39 Å². The van der Waals surface area contributed by atoms with Gasteiger partial charge in [-0.05, 0) is 61.7 Å². The van der Waals surface area contributed by atoms with Crippen molar-refractivity contribution < 1.29 is 41.8 Å². The van der Waals surface area contributed by atoms with Gasteiger partial charge in [-0.2, -0.15) is 8.78 Å². The summed E-state index contributed by atoms with van der Waals surface area (Å²) >= 11 is 0. The molecule has 2 aliphatic heterocycles. The third-order valence-electron chi connectivity index (χ3n) is 10.0. The van der Waals surface area contributed by atoms with E-state index in [1.165, 1.54) is 18.2 Å². The van der Waals surface area contributed by atoms with E-state index in [1.807, 2.05) is 7.05 Å². The lowest BCUT2D eigenvalue weighted by molar-refractivity contribution is -0.147. The number of halogens is 3. The Balaban J connectivity index is 1.32. The van der Waals surface area contributed by atoms with E-state index < -0.39 is 53.3 Å². The van der Waals surface area contributed by atoms with Crippen LogP contribution in [0.4, 0.5) is 18.9 Å². The van der Waals surface area contributed by atoms with Gasteiger partial charge in [0.2, 0.25) is 30.3 Å². The SMILES string of the molecule is CCC(=O)N[C@@H](C(=O)N1CCN(C)CC1)[C@@H](C)c1ccc(NC(=O)[C@@H](CC(=O)C(F)(F)c2ccc3c(c2)OCO3)C2CCCCC2)c(F)c1. The molecule has 0 aromatic heterocycles. The van der Waals surface area contributed by atoms with Crippen molar-refractivity contribution in [2.45, 2.75) is 76.7 Å². The van der Waals surface area contributed by atoms with Gasteiger partial charge in [0.25, 0.3) is 0 Å². The number of rotatable bonds is 12. The molecule has 0 unspecified atom stereocenters. The number of benzene rings is 2. The number of anilines is 1. The van der Waals surface area contributed by atoms with Gasteiger partial charge in [0, 0.05) is 56.4 Å². The van der Waals surface area contributed by atoms with E-state index in [4.69, 9.17) is 9.47 Å². The molecule has 3 aliphatic rings. The molecule has 1 saturated carbocycles. The molecule has 266 valence electrons. The first-order valence-electron chi connectivity index (χ1n) is 17.1. The maximum Gasteiger partial charge on any atom is 0.330 e. The van der Waals surface area contributed by atoms with Crippen LogP contribution in [0.2, 0.25) is 0 Å². The molecule has 3 amide bonds. The zero-order valence-electron chi connectivity index (χ0n) is 28.2. The number of carbonyl (C=O) groups excluding carboxylic acids is 4. The second kappa shape index (κ2) is 15.6. The highest BCUT2D eigenvalue weighted by Gasteiger charge is 2.45. The molecule has 2 N–H and O–H groups in total. The first-order chi connectivity index (χ1) is 23.4. The Hall–Kier alpha value is -4.13. The van der Waals surface area contributed by atoms with Crippen LogP contribution in [0.1, 0.15) is 75.8 Å². The topological polar surface area (TPSA) is 117 Å². The summed E-state index contributed by atoms with van der Waals surface area (Å²) in [5, 5.41) is 5.36. The quantitative estimate of drug-likeness (QED) is 0.315. The normalized spacial score (nSPS) is 18.8. The van der Waals surface area contributed by atoms with Crippen molar-refractivity contribution in [3.8, 4) is 11.5 Å². The molecule has 10 nitrogen and oxygen atoms in total. The summed E-state index contributed by atoms with van der Waals surface area (Å²) in [6, 6.07) is 6.71. The van der Waals surface area contributed by atoms with Gasteiger partial charge in [0.1, 0.15) is 11.9 Å². The molecule has 5 rings (SSSR count). The molecule has 2 heterocycles. The van der Waals surface area contributed by atoms with Crippen LogP contribution in [0.15, 0.2) is 36.4 Å². The Labute approximate surface area is 284 Å². The molecule has 1 aliphatic carbocycles. The number of Topliss-reactive ketones (excluding diaryl/α,β-unsaturated/α-hetero) is 1. The Morgan fingerprint density at radius 2 is 1.65 bits per heavy atom. The third kappa shape index (κ3) is 8.37. The summed E-state index contributed by atoms with van der Waals surface area (Å²) < 4.78 is 57.0. The van der Waals surface area contributed by atoms with Gasteiger partial charge in [-0.1, -0.05) is 39.2 Å². The van der Waals surface area contributed by atoms with E-state index in [-0.39, 0.29) is 42.4 Å². The Kier molecular flexibility index (Phi) is 11.5. The van der Waals surface area contributed by atoms with Gasteiger partial charge < -0.3 is 29.9 Å². The van der Waals surface area contributed by atoms with Crippen LogP contribution in [0.3, 0.4) is 0 Å². The predicted octanol–water partition coefficient (Wildman–Crippen LogP) is 5.21. The first-order valence-corrected chi connectivity index (χ1v) is 17.1. The maximum absolute atomic E-state index is 15.6. The number of piperazine rings is 1. The highest BCUT2D eigenvalue weighted by molar-refractivity contribution is 5.97. The van der Waals surface area contributed by atoms with Gasteiger partial charge in [0.15, 0.2) is 11.5 Å². The predicted molar refractivity (Wildman–Crippen MR) is 176 cm³/mol. The third-order valence-corrected chi connectivity index (χ3v) is 10.0. The van der Waals surface area contributed by atoms with E-state index in [0.29, 0.717) is 50.3 Å². The van der Waals surface area contributed by atoms with Crippen LogP contribution >= 0.6 is 0 Å². The van der Waals surface area contributed by atoms with Gasteiger partial charge in [0.05, 0.1) is 5.69 Å². The average molecular weight is 687 g/mol. The molecule has 2 fully saturated rings. The molecule has 3 atom stereocenters. The summed E-state index contributed by atoms with van der Waals surface area (Å²) in [4.78, 5) is 56.6. The fourth-order valence-corrected chi connectivity index (χ4v) is 6.82. The number of hydrogen-bond acceptors (Lipinski definition) is 7. The Morgan fingerprint density at radius 1 is 0.959 bits per heavy atom. The summed E-state index contributed by atoms with van der Waals surface area (Å²) in [5.74, 6) is -8.96. The van der Waals surface area contributed by atoms with Crippen LogP contribution in [-0.2, 0) is 25.1 Å². The van der Waals surface area contributed by atoms with Crippen LogP contribution in [0.25, 0.3) is 0 Å². The van der Waals surface area contributed by atoms with E-state index >= 15 is 13.2 Å². The number of nitrogens with zero attached hydrogens (tertiary/aromatic N) is 2. The first kappa shape index (κ1) is 36.2. The molecular formula is C36H45F3N4O6. The molecule has 2 aromatic carbocycles. The van der Waals surface area contributed by atoms with Crippen LogP contribution in [0, 0.1) is 17.7 Å². The highest BCUT2D eigenvalue weighted by Crippen LogP contribution is 2.41. The number of fused-ring (bicyclic) bond motifs is 1. The highest BCUT2D eigenvalue weighted by atomic mass is 19.3. The summed E-state index contributed by atoms with van der Waals surface area (Å²) in [6.07, 6.45) is 3.17. The van der Waals surface area contributed by atoms with Crippen molar-refractivity contribution in [3.63, 3.8) is 0 Å². The molecule has 49 heavy (non-hydrogen) atoms. The molecule has 0 bridgehead atoms. The monoisotopic (exact) mass is 686 g/mol. The number of likely N-dealkylation sites (N-methyl/N-ethyl adjacent to an activating group) is 1. The molecule has 0 radical (unpaired) electrons. The Morgan fingerprint density at radius 3 is 2.33 bits per heavy atom. The smallest absolute Gasteiger partial charge is 0.330 e. The number of nitrogens with one attached hydrogen (secondary N) is 2. The van der Waals surface area contributed by atoms with E-state index in [0.717, 1.165) is 31.4 Å². The zero-order chi connectivity index (χ0) is 35.3. The molecule has 0 spiro atoms. The van der Waals surface area contributed by atoms with Gasteiger partial charge >= 0.3 is 5.92 Å². The minimum atomic E-state index is -3.89. The second-order valence-corrected chi connectivity index (χ2v) is 13.3. The number of hydrogen-bond donors (Lipinski definition) is 2. The van der Waals surface area contributed by atoms with Crippen LogP contribution in [-0.4, -0.2) is 79.4 Å². The zero-order valence-corrected chi connectivity index (χ0v) is 28.2. The number of ether oxygens (including phenoxy) is 2. The van der Waals surface area contributed by atoms with Crippen molar-refractivity contribution in [1.29, 1.82) is 0 Å². The summed E-state index contributed by atoms with van der Waals surface area (Å²) in [7, 11) is 1.97. The molecule has 2 aromatic rings. The fourth-order valence-electron chi connectivity index (χ4n) is 6.82. The Bertz CT molecular complexity index is 1540. The summed E-state index contributed by atoms with van der Waals surface area (Å²) in [6.45, 7) is 5.71. The van der Waals surface area contributed by atoms with Crippen LogP contribution in [0.5, 0.6) is 11.5 Å². The van der Waals surface area contributed by atoms with Gasteiger partial charge in [-0.3, -0.25) is 19.2 Å². The van der Waals surface area contributed by atoms with Crippen molar-refractivity contribution in [3.05, 3.63) is 53.3 Å². The van der Waals surface area contributed by atoms with Crippen molar-refractivity contribution >= 4 is 29.2 Å². The molecule has 1 saturated heterocycles. The van der Waals surface area contributed by atoms with Gasteiger partial charge in [-0.15, -0.1) is 0 Å². The second-order valence-electron chi connectivity index (χ2n) is 13.3. The lowest BCUT2D eigenvalue weighted by Gasteiger charge is -2.36. The van der Waals surface area contributed by atoms with Crippen molar-refractivity contribution in [2.75, 3.05) is 45.3 Å². The lowest BCUT2D eigenvalue weighted by Crippen LogP contribution is -2.55. The minimum Gasteiger partial charge on any atom is -0.454 e. The van der Waals surface area contributed by atoms with E-state index in [1.54, 1.807) is 24.8 Å². The van der Waals surface area contributed by atoms with E-state index in [9.17, 15) is 19.2 Å². The lowest BCUT2D eigenvalue weighted by atomic mass is 9.76. The largest absolute Gasteiger partial charge is 0.454 e. The average Bonchev–Trinajstić information content (AvgIpc) is 3.58. The minimum absolute atomic E-state index is 0.108. The summed E-state index contributed by atoms with van der Waals surface area (Å²) in [5.41, 5.74) is -0.294. The van der Waals surface area contributed by atoms with Crippen molar-refractivity contribution in [1.82, 2.24) is 15.1 Å². The standard InChI is InChI=1S/C36H45F3N4O6/c1-4-32(45)41-33(35(47)43-16-14-42(3)15-17-43)22(2)24-10-12-28(27(37)18-24)40-34(46)26(23-8-6-5-7-9-23)20-31(44)36(38,39)25-11-13-29-30(19-25)49-21-48-29/h10-13,18-19,22-23,26,33H,4-9,14-17,20-21H2,1-3H3,(H,40,46)(H,41,45)/t22-,26-,33+/m0/s1. The number of carbonyl (C=O) groups is 4. The number of alkyl halides is 2. The molecular weight excluding hydrogens is 641 g/mol. The number of amides is 3.